The lowest BCUT2D eigenvalue weighted by atomic mass is 10.1. The van der Waals surface area contributed by atoms with E-state index in [1.54, 1.807) is 24.3 Å². The highest BCUT2D eigenvalue weighted by Gasteiger charge is 2.25. The number of non-ortho nitro benzene ring substituents is 1. The second-order valence-corrected chi connectivity index (χ2v) is 6.23. The third-order valence-corrected chi connectivity index (χ3v) is 4.26. The minimum Gasteiger partial charge on any atom is -0.480 e. The summed E-state index contributed by atoms with van der Waals surface area (Å²) in [6.07, 6.45) is 0. The third-order valence-electron chi connectivity index (χ3n) is 3.57. The number of rotatable bonds is 5. The molecule has 0 spiro atoms. The van der Waals surface area contributed by atoms with Gasteiger partial charge < -0.3 is 9.52 Å². The summed E-state index contributed by atoms with van der Waals surface area (Å²) in [6, 6.07) is 12.4. The molecule has 1 unspecified atom stereocenters. The average molecular weight is 391 g/mol. The topological polar surface area (TPSA) is 106 Å². The van der Waals surface area contributed by atoms with Crippen LogP contribution in [0.1, 0.15) is 11.1 Å². The molecule has 9 heteroatoms. The monoisotopic (exact) mass is 390 g/mol. The van der Waals surface area contributed by atoms with Gasteiger partial charge in [0.1, 0.15) is 5.69 Å². The summed E-state index contributed by atoms with van der Waals surface area (Å²) in [5, 5.41) is 19.3. The second kappa shape index (κ2) is 7.19. The van der Waals surface area contributed by atoms with E-state index in [2.05, 4.69) is 17.6 Å². The number of aliphatic carboxylic acids is 1. The second-order valence-electron chi connectivity index (χ2n) is 5.28. The Morgan fingerprint density at radius 3 is 2.27 bits per heavy atom. The molecule has 1 N–H and O–H groups in total. The highest BCUT2D eigenvalue weighted by molar-refractivity contribution is 7.81. The van der Waals surface area contributed by atoms with E-state index in [1.807, 2.05) is 0 Å². The van der Waals surface area contributed by atoms with Crippen molar-refractivity contribution in [1.29, 1.82) is 0 Å². The van der Waals surface area contributed by atoms with Crippen molar-refractivity contribution in [2.75, 3.05) is 0 Å². The van der Waals surface area contributed by atoms with Gasteiger partial charge >= 0.3 is 5.97 Å². The van der Waals surface area contributed by atoms with Gasteiger partial charge in [0.15, 0.2) is 11.0 Å². The lowest BCUT2D eigenvalue weighted by Crippen LogP contribution is -2.05. The summed E-state index contributed by atoms with van der Waals surface area (Å²) in [7, 11) is 0. The van der Waals surface area contributed by atoms with Crippen LogP contribution in [0.2, 0.25) is 5.02 Å². The number of carboxylic acid groups (broad SMARTS) is 1. The fourth-order valence-corrected chi connectivity index (χ4v) is 2.53. The van der Waals surface area contributed by atoms with Crippen LogP contribution >= 0.6 is 24.2 Å². The Labute approximate surface area is 157 Å². The number of nitrogens with zero attached hydrogens (tertiary/aromatic N) is 2. The molecule has 1 heterocycles. The Bertz CT molecular complexity index is 970. The molecule has 0 aliphatic heterocycles. The lowest BCUT2D eigenvalue weighted by molar-refractivity contribution is -0.384. The number of carbonyl (C=O) groups is 1. The van der Waals surface area contributed by atoms with Crippen LogP contribution in [0.25, 0.3) is 22.6 Å². The summed E-state index contributed by atoms with van der Waals surface area (Å²) >= 11 is 9.89. The van der Waals surface area contributed by atoms with Crippen molar-refractivity contribution in [3.8, 4) is 22.6 Å². The standard InChI is InChI=1S/C17H11ClN2O5S/c18-11-5-1-10(2-6-11)14-13(19-16(25-14)15(26)17(21)22)9-3-7-12(8-4-9)20(23)24/h1-8,15,26H,(H,21,22). The van der Waals surface area contributed by atoms with E-state index in [-0.39, 0.29) is 11.6 Å². The van der Waals surface area contributed by atoms with E-state index < -0.39 is 16.1 Å². The molecule has 0 radical (unpaired) electrons. The summed E-state index contributed by atoms with van der Waals surface area (Å²) in [5.41, 5.74) is 1.47. The molecule has 3 rings (SSSR count). The Kier molecular flexibility index (Phi) is 4.97. The SMILES string of the molecule is O=C(O)C(S)c1nc(-c2ccc([N+](=O)[O-])cc2)c(-c2ccc(Cl)cc2)o1. The van der Waals surface area contributed by atoms with Gasteiger partial charge in [-0.3, -0.25) is 14.9 Å². The number of nitro groups is 1. The zero-order valence-electron chi connectivity index (χ0n) is 13.0. The van der Waals surface area contributed by atoms with E-state index in [0.29, 0.717) is 27.6 Å². The van der Waals surface area contributed by atoms with Gasteiger partial charge in [0, 0.05) is 28.3 Å². The molecule has 26 heavy (non-hydrogen) atoms. The summed E-state index contributed by atoms with van der Waals surface area (Å²) in [6.45, 7) is 0. The number of thiol groups is 1. The van der Waals surface area contributed by atoms with Crippen LogP contribution in [0, 0.1) is 10.1 Å². The zero-order chi connectivity index (χ0) is 18.8. The van der Waals surface area contributed by atoms with Crippen molar-refractivity contribution in [1.82, 2.24) is 4.98 Å². The number of nitro benzene ring substituents is 1. The maximum atomic E-state index is 11.2. The first-order valence-corrected chi connectivity index (χ1v) is 8.18. The van der Waals surface area contributed by atoms with Gasteiger partial charge in [0.25, 0.3) is 5.69 Å². The summed E-state index contributed by atoms with van der Waals surface area (Å²) in [5.74, 6) is -0.961. The van der Waals surface area contributed by atoms with Crippen LogP contribution in [0.15, 0.2) is 52.9 Å². The molecule has 3 aromatic rings. The van der Waals surface area contributed by atoms with Crippen molar-refractivity contribution in [2.24, 2.45) is 0 Å². The van der Waals surface area contributed by atoms with Gasteiger partial charge in [-0.25, -0.2) is 4.98 Å². The molecule has 132 valence electrons. The van der Waals surface area contributed by atoms with E-state index in [0.717, 1.165) is 0 Å². The van der Waals surface area contributed by atoms with Gasteiger partial charge in [-0.1, -0.05) is 11.6 Å². The molecule has 0 bridgehead atoms. The Balaban J connectivity index is 2.13. The highest BCUT2D eigenvalue weighted by atomic mass is 35.5. The fourth-order valence-electron chi connectivity index (χ4n) is 2.29. The van der Waals surface area contributed by atoms with E-state index in [1.165, 1.54) is 24.3 Å². The van der Waals surface area contributed by atoms with E-state index in [4.69, 9.17) is 21.1 Å². The van der Waals surface area contributed by atoms with Crippen LogP contribution in [-0.2, 0) is 4.79 Å². The zero-order valence-corrected chi connectivity index (χ0v) is 14.6. The van der Waals surface area contributed by atoms with Crippen molar-refractivity contribution in [2.45, 2.75) is 5.25 Å². The van der Waals surface area contributed by atoms with Crippen LogP contribution < -0.4 is 0 Å². The van der Waals surface area contributed by atoms with Crippen molar-refractivity contribution < 1.29 is 19.2 Å². The van der Waals surface area contributed by atoms with Gasteiger partial charge in [-0.15, -0.1) is 0 Å². The minimum atomic E-state index is -1.24. The Morgan fingerprint density at radius 1 is 1.15 bits per heavy atom. The van der Waals surface area contributed by atoms with Gasteiger partial charge in [0.2, 0.25) is 5.89 Å². The van der Waals surface area contributed by atoms with Crippen molar-refractivity contribution in [3.05, 3.63) is 69.6 Å². The van der Waals surface area contributed by atoms with Crippen LogP contribution in [0.3, 0.4) is 0 Å². The molecule has 1 aromatic heterocycles. The van der Waals surface area contributed by atoms with Gasteiger partial charge in [-0.05, 0) is 36.4 Å². The minimum absolute atomic E-state index is 0.0666. The Morgan fingerprint density at radius 2 is 1.73 bits per heavy atom. The maximum Gasteiger partial charge on any atom is 0.325 e. The average Bonchev–Trinajstić information content (AvgIpc) is 3.07. The maximum absolute atomic E-state index is 11.2. The molecule has 0 aliphatic rings. The quantitative estimate of drug-likeness (QED) is 0.374. The summed E-state index contributed by atoms with van der Waals surface area (Å²) in [4.78, 5) is 25.8. The van der Waals surface area contributed by atoms with E-state index >= 15 is 0 Å². The van der Waals surface area contributed by atoms with Crippen LogP contribution in [-0.4, -0.2) is 21.0 Å². The largest absolute Gasteiger partial charge is 0.480 e. The first-order chi connectivity index (χ1) is 12.4. The fraction of sp³-hybridized carbons (Fsp3) is 0.0588. The molecule has 0 amide bonds. The predicted octanol–water partition coefficient (Wildman–Crippen LogP) is 4.63. The number of hydrogen-bond acceptors (Lipinski definition) is 6. The smallest absolute Gasteiger partial charge is 0.325 e. The molecular formula is C17H11ClN2O5S. The van der Waals surface area contributed by atoms with Crippen LogP contribution in [0.4, 0.5) is 5.69 Å². The van der Waals surface area contributed by atoms with Crippen LogP contribution in [0.5, 0.6) is 0 Å². The normalized spacial score (nSPS) is 11.9. The highest BCUT2D eigenvalue weighted by Crippen LogP contribution is 2.36. The molecule has 0 saturated heterocycles. The number of hydrogen-bond donors (Lipinski definition) is 2. The number of oxazole rings is 1. The first kappa shape index (κ1) is 18.0. The van der Waals surface area contributed by atoms with Crippen molar-refractivity contribution >= 4 is 35.9 Å². The molecule has 0 fully saturated rings. The number of benzene rings is 2. The molecule has 1 atom stereocenters. The van der Waals surface area contributed by atoms with E-state index in [9.17, 15) is 14.9 Å². The summed E-state index contributed by atoms with van der Waals surface area (Å²) < 4.78 is 5.65. The van der Waals surface area contributed by atoms with Gasteiger partial charge in [-0.2, -0.15) is 12.6 Å². The number of halogens is 1. The van der Waals surface area contributed by atoms with Gasteiger partial charge in [0.05, 0.1) is 4.92 Å². The third kappa shape index (κ3) is 3.56. The van der Waals surface area contributed by atoms with Crippen molar-refractivity contribution in [3.63, 3.8) is 0 Å². The Hall–Kier alpha value is -2.84. The molecular weight excluding hydrogens is 380 g/mol. The molecule has 7 nitrogen and oxygen atoms in total. The first-order valence-electron chi connectivity index (χ1n) is 7.29. The number of aromatic nitrogens is 1. The molecule has 0 aliphatic carbocycles. The molecule has 2 aromatic carbocycles. The number of carboxylic acids is 1. The molecule has 0 saturated carbocycles. The predicted molar refractivity (Wildman–Crippen MR) is 98.4 cm³/mol. The lowest BCUT2D eigenvalue weighted by Gasteiger charge is -2.02.